The van der Waals surface area contributed by atoms with Crippen molar-refractivity contribution >= 4 is 39.4 Å². The Bertz CT molecular complexity index is 1390. The molecule has 2 N–H and O–H groups in total. The van der Waals surface area contributed by atoms with Crippen molar-refractivity contribution in [3.63, 3.8) is 0 Å². The van der Waals surface area contributed by atoms with Crippen molar-refractivity contribution in [2.24, 2.45) is 0 Å². The molecule has 3 heterocycles. The minimum absolute atomic E-state index is 0.227. The second kappa shape index (κ2) is 7.55. The number of anilines is 1. The zero-order valence-corrected chi connectivity index (χ0v) is 18.3. The van der Waals surface area contributed by atoms with Crippen LogP contribution in [0.4, 0.5) is 10.2 Å². The Hall–Kier alpha value is -2.99. The summed E-state index contributed by atoms with van der Waals surface area (Å²) >= 11 is 5.99. The van der Waals surface area contributed by atoms with E-state index in [2.05, 4.69) is 37.9 Å². The van der Waals surface area contributed by atoms with Gasteiger partial charge in [-0.3, -0.25) is 0 Å². The van der Waals surface area contributed by atoms with E-state index in [1.807, 2.05) is 6.07 Å². The number of aryl methyl sites for hydroxylation is 1. The number of fused-ring (bicyclic) bond motifs is 2. The van der Waals surface area contributed by atoms with Gasteiger partial charge in [0.25, 0.3) is 0 Å². The highest BCUT2D eigenvalue weighted by molar-refractivity contribution is 6.33. The molecule has 1 atom stereocenters. The van der Waals surface area contributed by atoms with Crippen molar-refractivity contribution in [3.8, 4) is 0 Å². The van der Waals surface area contributed by atoms with Gasteiger partial charge in [0.05, 0.1) is 22.3 Å². The molecule has 1 fully saturated rings. The van der Waals surface area contributed by atoms with E-state index < -0.39 is 0 Å². The summed E-state index contributed by atoms with van der Waals surface area (Å²) in [6, 6.07) is 7.51. The molecule has 0 spiro atoms. The Morgan fingerprint density at radius 2 is 1.97 bits per heavy atom. The summed E-state index contributed by atoms with van der Waals surface area (Å²) in [7, 11) is 0. The van der Waals surface area contributed by atoms with Crippen LogP contribution in [0, 0.1) is 5.82 Å². The van der Waals surface area contributed by atoms with E-state index in [1.54, 1.807) is 18.5 Å². The van der Waals surface area contributed by atoms with Gasteiger partial charge in [-0.15, -0.1) is 0 Å². The zero-order valence-electron chi connectivity index (χ0n) is 17.6. The van der Waals surface area contributed by atoms with Crippen molar-refractivity contribution in [1.29, 1.82) is 0 Å². The molecular formula is C25H23ClFN5. The van der Waals surface area contributed by atoms with E-state index in [-0.39, 0.29) is 16.7 Å². The smallest absolute Gasteiger partial charge is 0.144 e. The molecule has 0 saturated heterocycles. The third-order valence-corrected chi connectivity index (χ3v) is 7.01. The standard InChI is InChI=1S/C25H23ClFN5/c26-20-12-19-21(27)10-15(11-22(19)31-24(20)28)2-1-14-3-6-17(9-14)32-8-7-18-23(16-4-5-16)29-13-30-25(18)32/h7-13,16-17H,1-6H2,(H2,28,31). The molecule has 0 aliphatic heterocycles. The molecule has 1 aromatic carbocycles. The number of rotatable bonds is 5. The van der Waals surface area contributed by atoms with E-state index in [4.69, 9.17) is 17.3 Å². The lowest BCUT2D eigenvalue weighted by molar-refractivity contribution is 0.603. The monoisotopic (exact) mass is 447 g/mol. The van der Waals surface area contributed by atoms with E-state index in [0.717, 1.165) is 36.9 Å². The summed E-state index contributed by atoms with van der Waals surface area (Å²) in [5.41, 5.74) is 10.9. The molecule has 4 aromatic rings. The Morgan fingerprint density at radius 1 is 1.09 bits per heavy atom. The Morgan fingerprint density at radius 3 is 2.81 bits per heavy atom. The largest absolute Gasteiger partial charge is 0.382 e. The van der Waals surface area contributed by atoms with E-state index in [0.29, 0.717) is 22.9 Å². The van der Waals surface area contributed by atoms with Crippen molar-refractivity contribution in [2.75, 3.05) is 5.73 Å². The van der Waals surface area contributed by atoms with Crippen LogP contribution >= 0.6 is 11.6 Å². The first-order chi connectivity index (χ1) is 15.6. The van der Waals surface area contributed by atoms with Crippen LogP contribution in [0.3, 0.4) is 0 Å². The topological polar surface area (TPSA) is 69.6 Å². The van der Waals surface area contributed by atoms with Gasteiger partial charge >= 0.3 is 0 Å². The molecule has 0 amide bonds. The fourth-order valence-corrected chi connectivity index (χ4v) is 5.02. The number of pyridine rings is 1. The molecule has 0 bridgehead atoms. The van der Waals surface area contributed by atoms with Gasteiger partial charge in [-0.1, -0.05) is 23.3 Å². The van der Waals surface area contributed by atoms with Crippen LogP contribution < -0.4 is 5.73 Å². The van der Waals surface area contributed by atoms with Crippen molar-refractivity contribution in [1.82, 2.24) is 19.5 Å². The molecule has 162 valence electrons. The lowest BCUT2D eigenvalue weighted by Crippen LogP contribution is -2.03. The number of nitrogens with zero attached hydrogens (tertiary/aromatic N) is 4. The summed E-state index contributed by atoms with van der Waals surface area (Å²) in [5, 5.41) is 1.87. The third kappa shape index (κ3) is 3.43. The molecule has 1 saturated carbocycles. The van der Waals surface area contributed by atoms with E-state index in [9.17, 15) is 4.39 Å². The average Bonchev–Trinajstić information content (AvgIpc) is 3.36. The highest BCUT2D eigenvalue weighted by Gasteiger charge is 2.28. The highest BCUT2D eigenvalue weighted by atomic mass is 35.5. The summed E-state index contributed by atoms with van der Waals surface area (Å²) in [5.74, 6) is 0.522. The first-order valence-corrected chi connectivity index (χ1v) is 11.5. The van der Waals surface area contributed by atoms with Gasteiger partial charge in [0.2, 0.25) is 0 Å². The van der Waals surface area contributed by atoms with Crippen LogP contribution in [0.5, 0.6) is 0 Å². The lowest BCUT2D eigenvalue weighted by Gasteiger charge is -2.11. The lowest BCUT2D eigenvalue weighted by atomic mass is 10.0. The molecule has 2 aliphatic rings. The average molecular weight is 448 g/mol. The summed E-state index contributed by atoms with van der Waals surface area (Å²) < 4.78 is 16.9. The number of aromatic nitrogens is 4. The van der Waals surface area contributed by atoms with Gasteiger partial charge < -0.3 is 10.3 Å². The van der Waals surface area contributed by atoms with Crippen LogP contribution in [0.15, 0.2) is 48.4 Å². The van der Waals surface area contributed by atoms with Crippen LogP contribution in [0.25, 0.3) is 21.9 Å². The SMILES string of the molecule is Nc1nc2cc(CCC3=CC(n4ccc5c(C6CC6)ncnc54)CC3)cc(F)c2cc1Cl. The van der Waals surface area contributed by atoms with E-state index in [1.165, 1.54) is 29.5 Å². The summed E-state index contributed by atoms with van der Waals surface area (Å²) in [4.78, 5) is 13.4. The van der Waals surface area contributed by atoms with Crippen LogP contribution in [0.1, 0.15) is 55.3 Å². The second-order valence-corrected chi connectivity index (χ2v) is 9.33. The minimum Gasteiger partial charge on any atom is -0.382 e. The predicted molar refractivity (Wildman–Crippen MR) is 125 cm³/mol. The van der Waals surface area contributed by atoms with Crippen molar-refractivity contribution in [2.45, 2.75) is 50.5 Å². The maximum absolute atomic E-state index is 14.6. The van der Waals surface area contributed by atoms with Crippen molar-refractivity contribution in [3.05, 3.63) is 70.5 Å². The fourth-order valence-electron chi connectivity index (χ4n) is 4.87. The molecule has 6 rings (SSSR count). The molecule has 2 aliphatic carbocycles. The third-order valence-electron chi connectivity index (χ3n) is 6.71. The Balaban J connectivity index is 1.22. The van der Waals surface area contributed by atoms with Gasteiger partial charge in [-0.25, -0.2) is 19.3 Å². The molecule has 32 heavy (non-hydrogen) atoms. The van der Waals surface area contributed by atoms with Gasteiger partial charge in [0, 0.05) is 22.9 Å². The molecule has 1 unspecified atom stereocenters. The molecule has 7 heteroatoms. The van der Waals surface area contributed by atoms with Gasteiger partial charge in [0.15, 0.2) is 0 Å². The van der Waals surface area contributed by atoms with Crippen LogP contribution in [-0.4, -0.2) is 19.5 Å². The number of nitrogen functional groups attached to an aromatic ring is 1. The zero-order chi connectivity index (χ0) is 21.8. The molecule has 0 radical (unpaired) electrons. The van der Waals surface area contributed by atoms with Crippen LogP contribution in [-0.2, 0) is 6.42 Å². The normalized spacial score (nSPS) is 18.6. The van der Waals surface area contributed by atoms with Gasteiger partial charge in [0.1, 0.15) is 23.6 Å². The first-order valence-electron chi connectivity index (χ1n) is 11.1. The fraction of sp³-hybridized carbons (Fsp3) is 0.320. The number of benzene rings is 1. The Labute approximate surface area is 190 Å². The molecule has 5 nitrogen and oxygen atoms in total. The number of nitrogens with two attached hydrogens (primary N) is 1. The Kier molecular flexibility index (Phi) is 4.65. The summed E-state index contributed by atoms with van der Waals surface area (Å²) in [6.07, 6.45) is 12.4. The van der Waals surface area contributed by atoms with Crippen molar-refractivity contribution < 1.29 is 4.39 Å². The maximum Gasteiger partial charge on any atom is 0.144 e. The number of hydrogen-bond donors (Lipinski definition) is 1. The highest BCUT2D eigenvalue weighted by Crippen LogP contribution is 2.42. The number of hydrogen-bond acceptors (Lipinski definition) is 4. The second-order valence-electron chi connectivity index (χ2n) is 8.92. The quantitative estimate of drug-likeness (QED) is 0.374. The van der Waals surface area contributed by atoms with Gasteiger partial charge in [-0.2, -0.15) is 0 Å². The first kappa shape index (κ1) is 19.7. The predicted octanol–water partition coefficient (Wildman–Crippen LogP) is 6.13. The number of allylic oxidation sites excluding steroid dienone is 2. The van der Waals surface area contributed by atoms with Gasteiger partial charge in [-0.05, 0) is 68.4 Å². The van der Waals surface area contributed by atoms with Crippen LogP contribution in [0.2, 0.25) is 5.02 Å². The minimum atomic E-state index is -0.310. The van der Waals surface area contributed by atoms with E-state index >= 15 is 0 Å². The number of halogens is 2. The molecule has 3 aromatic heterocycles. The summed E-state index contributed by atoms with van der Waals surface area (Å²) in [6.45, 7) is 0. The maximum atomic E-state index is 14.6. The molecular weight excluding hydrogens is 425 g/mol.